The molecule has 0 aliphatic carbocycles. The zero-order valence-electron chi connectivity index (χ0n) is 12.1. The molecule has 0 radical (unpaired) electrons. The molecule has 0 bridgehead atoms. The molecule has 2 heterocycles. The van der Waals surface area contributed by atoms with Crippen molar-refractivity contribution in [2.45, 2.75) is 12.5 Å². The number of halogens is 2. The molecule has 2 aromatic carbocycles. The Morgan fingerprint density at radius 1 is 1.17 bits per heavy atom. The van der Waals surface area contributed by atoms with Gasteiger partial charge in [-0.2, -0.15) is 0 Å². The van der Waals surface area contributed by atoms with Gasteiger partial charge in [0.1, 0.15) is 23.7 Å². The molecule has 1 unspecified atom stereocenters. The third-order valence-electron chi connectivity index (χ3n) is 3.92. The summed E-state index contributed by atoms with van der Waals surface area (Å²) in [5, 5.41) is 4.34. The van der Waals surface area contributed by atoms with Gasteiger partial charge in [0.2, 0.25) is 0 Å². The molecule has 23 heavy (non-hydrogen) atoms. The molecule has 0 saturated carbocycles. The molecule has 1 atom stereocenters. The van der Waals surface area contributed by atoms with Crippen LogP contribution in [0.15, 0.2) is 47.2 Å². The van der Waals surface area contributed by atoms with Gasteiger partial charge < -0.3 is 10.1 Å². The van der Waals surface area contributed by atoms with Crippen molar-refractivity contribution in [1.29, 1.82) is 0 Å². The van der Waals surface area contributed by atoms with Crippen molar-refractivity contribution in [2.75, 3.05) is 11.9 Å². The molecule has 0 amide bonds. The summed E-state index contributed by atoms with van der Waals surface area (Å²) in [6, 6.07) is 10.4. The van der Waals surface area contributed by atoms with Gasteiger partial charge in [-0.15, -0.1) is 0 Å². The lowest BCUT2D eigenvalue weighted by Gasteiger charge is -2.27. The van der Waals surface area contributed by atoms with Gasteiger partial charge in [0, 0.05) is 21.8 Å². The zero-order chi connectivity index (χ0) is 15.8. The van der Waals surface area contributed by atoms with E-state index in [1.54, 1.807) is 6.07 Å². The Hall–Kier alpha value is -2.21. The van der Waals surface area contributed by atoms with Gasteiger partial charge in [0.05, 0.1) is 18.2 Å². The zero-order valence-corrected chi connectivity index (χ0v) is 13.7. The lowest BCUT2D eigenvalue weighted by atomic mass is 10.00. The van der Waals surface area contributed by atoms with Gasteiger partial charge in [-0.3, -0.25) is 0 Å². The topological polar surface area (TPSA) is 47.0 Å². The van der Waals surface area contributed by atoms with Crippen LogP contribution in [0.4, 0.5) is 10.2 Å². The first-order valence-corrected chi connectivity index (χ1v) is 8.09. The highest BCUT2D eigenvalue weighted by molar-refractivity contribution is 9.10. The van der Waals surface area contributed by atoms with Crippen LogP contribution >= 0.6 is 15.9 Å². The normalized spacial score (nSPS) is 16.7. The quantitative estimate of drug-likeness (QED) is 0.719. The van der Waals surface area contributed by atoms with Crippen LogP contribution in [-0.4, -0.2) is 16.6 Å². The largest absolute Gasteiger partial charge is 0.493 e. The summed E-state index contributed by atoms with van der Waals surface area (Å²) in [6.45, 7) is 0.586. The van der Waals surface area contributed by atoms with E-state index in [9.17, 15) is 4.39 Å². The van der Waals surface area contributed by atoms with Crippen LogP contribution in [-0.2, 0) is 0 Å². The second kappa shape index (κ2) is 5.77. The summed E-state index contributed by atoms with van der Waals surface area (Å²) in [7, 11) is 0. The molecule has 1 N–H and O–H groups in total. The van der Waals surface area contributed by atoms with Gasteiger partial charge in [0.15, 0.2) is 0 Å². The van der Waals surface area contributed by atoms with E-state index in [2.05, 4.69) is 31.2 Å². The molecule has 116 valence electrons. The smallest absolute Gasteiger partial charge is 0.137 e. The van der Waals surface area contributed by atoms with E-state index in [1.807, 2.05) is 18.2 Å². The molecule has 1 aromatic heterocycles. The SMILES string of the molecule is Fc1ccc2c(c1)C(Nc1ncnc3ccc(Br)cc13)CCO2. The van der Waals surface area contributed by atoms with Crippen LogP contribution < -0.4 is 10.1 Å². The fraction of sp³-hybridized carbons (Fsp3) is 0.176. The molecule has 0 saturated heterocycles. The van der Waals surface area contributed by atoms with Gasteiger partial charge in [-0.25, -0.2) is 14.4 Å². The number of rotatable bonds is 2. The Labute approximate surface area is 140 Å². The number of nitrogens with one attached hydrogen (secondary N) is 1. The second-order valence-corrected chi connectivity index (χ2v) is 6.32. The highest BCUT2D eigenvalue weighted by atomic mass is 79.9. The van der Waals surface area contributed by atoms with Gasteiger partial charge >= 0.3 is 0 Å². The maximum atomic E-state index is 13.6. The monoisotopic (exact) mass is 373 g/mol. The van der Waals surface area contributed by atoms with Crippen LogP contribution in [0, 0.1) is 5.82 Å². The van der Waals surface area contributed by atoms with Crippen molar-refractivity contribution < 1.29 is 9.13 Å². The van der Waals surface area contributed by atoms with Crippen molar-refractivity contribution in [1.82, 2.24) is 9.97 Å². The van der Waals surface area contributed by atoms with Gasteiger partial charge in [-0.1, -0.05) is 15.9 Å². The number of benzene rings is 2. The maximum Gasteiger partial charge on any atom is 0.137 e. The molecule has 1 aliphatic heterocycles. The Bertz CT molecular complexity index is 887. The molecular formula is C17H13BrFN3O. The van der Waals surface area contributed by atoms with E-state index in [0.29, 0.717) is 6.61 Å². The Morgan fingerprint density at radius 3 is 3.00 bits per heavy atom. The van der Waals surface area contributed by atoms with E-state index in [4.69, 9.17) is 4.74 Å². The minimum Gasteiger partial charge on any atom is -0.493 e. The highest BCUT2D eigenvalue weighted by Gasteiger charge is 2.23. The predicted octanol–water partition coefficient (Wildman–Crippen LogP) is 4.47. The van der Waals surface area contributed by atoms with E-state index in [0.717, 1.165) is 38.9 Å². The molecule has 0 fully saturated rings. The average Bonchev–Trinajstić information content (AvgIpc) is 2.56. The van der Waals surface area contributed by atoms with E-state index in [-0.39, 0.29) is 11.9 Å². The van der Waals surface area contributed by atoms with Crippen LogP contribution in [0.2, 0.25) is 0 Å². The summed E-state index contributed by atoms with van der Waals surface area (Å²) in [5.41, 5.74) is 1.68. The molecule has 4 rings (SSSR count). The minimum atomic E-state index is -0.267. The van der Waals surface area contributed by atoms with Gasteiger partial charge in [-0.05, 0) is 36.4 Å². The van der Waals surface area contributed by atoms with Crippen LogP contribution in [0.5, 0.6) is 5.75 Å². The maximum absolute atomic E-state index is 13.6. The summed E-state index contributed by atoms with van der Waals surface area (Å²) < 4.78 is 20.2. The average molecular weight is 374 g/mol. The van der Waals surface area contributed by atoms with Crippen LogP contribution in [0.3, 0.4) is 0 Å². The number of hydrogen-bond acceptors (Lipinski definition) is 4. The molecule has 4 nitrogen and oxygen atoms in total. The van der Waals surface area contributed by atoms with Crippen molar-refractivity contribution in [3.05, 3.63) is 58.6 Å². The van der Waals surface area contributed by atoms with Crippen molar-refractivity contribution in [3.8, 4) is 5.75 Å². The van der Waals surface area contributed by atoms with Crippen molar-refractivity contribution in [3.63, 3.8) is 0 Å². The summed E-state index contributed by atoms with van der Waals surface area (Å²) >= 11 is 3.47. The third kappa shape index (κ3) is 2.74. The summed E-state index contributed by atoms with van der Waals surface area (Å²) in [6.07, 6.45) is 2.28. The first-order chi connectivity index (χ1) is 11.2. The number of hydrogen-bond donors (Lipinski definition) is 1. The number of ether oxygens (including phenoxy) is 1. The Balaban J connectivity index is 1.75. The van der Waals surface area contributed by atoms with Gasteiger partial charge in [0.25, 0.3) is 0 Å². The number of nitrogens with zero attached hydrogens (tertiary/aromatic N) is 2. The van der Waals surface area contributed by atoms with Crippen LogP contribution in [0.1, 0.15) is 18.0 Å². The lowest BCUT2D eigenvalue weighted by Crippen LogP contribution is -2.21. The minimum absolute atomic E-state index is 0.0495. The molecular weight excluding hydrogens is 361 g/mol. The second-order valence-electron chi connectivity index (χ2n) is 5.40. The first kappa shape index (κ1) is 14.4. The third-order valence-corrected chi connectivity index (χ3v) is 4.41. The predicted molar refractivity (Wildman–Crippen MR) is 90.1 cm³/mol. The van der Waals surface area contributed by atoms with E-state index in [1.165, 1.54) is 18.5 Å². The standard InChI is InChI=1S/C17H13BrFN3O/c18-10-1-3-14-13(7-10)17(21-9-20-14)22-15-5-6-23-16-4-2-11(19)8-12(15)16/h1-4,7-9,15H,5-6H2,(H,20,21,22). The number of anilines is 1. The fourth-order valence-electron chi connectivity index (χ4n) is 2.82. The Morgan fingerprint density at radius 2 is 2.09 bits per heavy atom. The Kier molecular flexibility index (Phi) is 3.61. The number of fused-ring (bicyclic) bond motifs is 2. The van der Waals surface area contributed by atoms with Crippen molar-refractivity contribution >= 4 is 32.7 Å². The molecule has 3 aromatic rings. The fourth-order valence-corrected chi connectivity index (χ4v) is 3.19. The molecule has 0 spiro atoms. The molecule has 1 aliphatic rings. The first-order valence-electron chi connectivity index (χ1n) is 7.30. The van der Waals surface area contributed by atoms with Crippen LogP contribution in [0.25, 0.3) is 10.9 Å². The molecule has 6 heteroatoms. The summed E-state index contributed by atoms with van der Waals surface area (Å²) in [4.78, 5) is 8.64. The van der Waals surface area contributed by atoms with Crippen molar-refractivity contribution in [2.24, 2.45) is 0 Å². The van der Waals surface area contributed by atoms with E-state index >= 15 is 0 Å². The lowest BCUT2D eigenvalue weighted by molar-refractivity contribution is 0.273. The summed E-state index contributed by atoms with van der Waals surface area (Å²) in [5.74, 6) is 1.18. The number of aromatic nitrogens is 2. The van der Waals surface area contributed by atoms with E-state index < -0.39 is 0 Å². The highest BCUT2D eigenvalue weighted by Crippen LogP contribution is 2.35.